The van der Waals surface area contributed by atoms with Crippen molar-refractivity contribution in [2.45, 2.75) is 6.54 Å². The van der Waals surface area contributed by atoms with Crippen LogP contribution in [-0.2, 0) is 6.54 Å². The summed E-state index contributed by atoms with van der Waals surface area (Å²) in [7, 11) is 3.15. The molecule has 8 nitrogen and oxygen atoms in total. The Morgan fingerprint density at radius 1 is 0.909 bits per heavy atom. The number of fused-ring (bicyclic) bond motifs is 1. The summed E-state index contributed by atoms with van der Waals surface area (Å²) >= 11 is 0. The molecular weight excluding hydrogens is 425 g/mol. The van der Waals surface area contributed by atoms with Gasteiger partial charge in [0.15, 0.2) is 11.5 Å². The molecule has 4 rings (SSSR count). The Kier molecular flexibility index (Phi) is 6.49. The molecule has 3 aromatic carbocycles. The fourth-order valence-electron chi connectivity index (χ4n) is 3.30. The van der Waals surface area contributed by atoms with E-state index >= 15 is 0 Å². The number of anilines is 3. The molecule has 168 valence electrons. The fraction of sp³-hybridized carbons (Fsp3) is 0.125. The summed E-state index contributed by atoms with van der Waals surface area (Å²) in [6.45, 7) is 0.468. The van der Waals surface area contributed by atoms with Crippen LogP contribution in [0.5, 0.6) is 11.5 Å². The second-order valence-corrected chi connectivity index (χ2v) is 7.09. The number of hydrogen-bond acceptors (Lipinski definition) is 6. The molecule has 0 unspecified atom stereocenters. The zero-order chi connectivity index (χ0) is 23.2. The number of carbonyl (C=O) groups is 1. The molecule has 0 aliphatic heterocycles. The Balaban J connectivity index is 1.45. The van der Waals surface area contributed by atoms with Crippen molar-refractivity contribution in [3.63, 3.8) is 0 Å². The van der Waals surface area contributed by atoms with Gasteiger partial charge in [-0.15, -0.1) is 0 Å². The van der Waals surface area contributed by atoms with E-state index in [9.17, 15) is 9.18 Å². The van der Waals surface area contributed by atoms with Gasteiger partial charge in [0.2, 0.25) is 0 Å². The molecular formula is C24H22FN5O3. The maximum Gasteiger partial charge on any atom is 0.323 e. The summed E-state index contributed by atoms with van der Waals surface area (Å²) in [5.74, 6) is 1.46. The Morgan fingerprint density at radius 3 is 2.39 bits per heavy atom. The predicted octanol–water partition coefficient (Wildman–Crippen LogP) is 5.04. The molecule has 0 atom stereocenters. The highest BCUT2D eigenvalue weighted by atomic mass is 19.1. The Bertz CT molecular complexity index is 1280. The van der Waals surface area contributed by atoms with Gasteiger partial charge in [-0.05, 0) is 48.0 Å². The standard InChI is InChI=1S/C24H22FN5O3/c1-32-21-11-19-20(12-22(21)33-2)27-14-28-23(19)26-13-15-4-3-5-18(10-15)30-24(31)29-17-8-6-16(25)7-9-17/h3-12,14H,13H2,1-2H3,(H,26,27,28)(H2,29,30,31). The molecule has 9 heteroatoms. The van der Waals surface area contributed by atoms with Crippen LogP contribution < -0.4 is 25.4 Å². The number of carbonyl (C=O) groups excluding carboxylic acids is 1. The van der Waals surface area contributed by atoms with Gasteiger partial charge < -0.3 is 25.4 Å². The van der Waals surface area contributed by atoms with Crippen molar-refractivity contribution >= 4 is 34.1 Å². The number of nitrogens with zero attached hydrogens (tertiary/aromatic N) is 2. The van der Waals surface area contributed by atoms with Crippen molar-refractivity contribution in [3.8, 4) is 11.5 Å². The summed E-state index contributed by atoms with van der Waals surface area (Å²) in [6.07, 6.45) is 1.48. The number of methoxy groups -OCH3 is 2. The first kappa shape index (κ1) is 21.8. The van der Waals surface area contributed by atoms with Gasteiger partial charge in [0, 0.05) is 29.4 Å². The molecule has 0 saturated heterocycles. The largest absolute Gasteiger partial charge is 0.493 e. The lowest BCUT2D eigenvalue weighted by atomic mass is 10.1. The fourth-order valence-corrected chi connectivity index (χ4v) is 3.30. The van der Waals surface area contributed by atoms with Gasteiger partial charge in [0.05, 0.1) is 19.7 Å². The molecule has 0 fully saturated rings. The summed E-state index contributed by atoms with van der Waals surface area (Å²) in [5.41, 5.74) is 2.77. The number of urea groups is 1. The smallest absolute Gasteiger partial charge is 0.323 e. The van der Waals surface area contributed by atoms with Gasteiger partial charge >= 0.3 is 6.03 Å². The van der Waals surface area contributed by atoms with E-state index in [-0.39, 0.29) is 5.82 Å². The molecule has 0 aliphatic carbocycles. The van der Waals surface area contributed by atoms with E-state index in [2.05, 4.69) is 25.9 Å². The molecule has 0 saturated carbocycles. The number of hydrogen-bond donors (Lipinski definition) is 3. The van der Waals surface area contributed by atoms with Gasteiger partial charge in [-0.2, -0.15) is 0 Å². The number of rotatable bonds is 7. The molecule has 2 amide bonds. The summed E-state index contributed by atoms with van der Waals surface area (Å²) in [5, 5.41) is 9.54. The number of halogens is 1. The Morgan fingerprint density at radius 2 is 1.64 bits per heavy atom. The minimum Gasteiger partial charge on any atom is -0.493 e. The third-order valence-corrected chi connectivity index (χ3v) is 4.89. The number of aromatic nitrogens is 2. The molecule has 0 bridgehead atoms. The zero-order valence-corrected chi connectivity index (χ0v) is 18.1. The topological polar surface area (TPSA) is 97.4 Å². The molecule has 1 heterocycles. The molecule has 3 N–H and O–H groups in total. The zero-order valence-electron chi connectivity index (χ0n) is 18.1. The average Bonchev–Trinajstić information content (AvgIpc) is 2.83. The summed E-state index contributed by atoms with van der Waals surface area (Å²) < 4.78 is 23.7. The number of benzene rings is 3. The molecule has 1 aromatic heterocycles. The van der Waals surface area contributed by atoms with Gasteiger partial charge in [-0.1, -0.05) is 12.1 Å². The first-order valence-electron chi connectivity index (χ1n) is 10.1. The molecule has 4 aromatic rings. The van der Waals surface area contributed by atoms with Crippen LogP contribution in [0.15, 0.2) is 67.0 Å². The minimum absolute atomic E-state index is 0.366. The van der Waals surface area contributed by atoms with Crippen LogP contribution in [0.25, 0.3) is 10.9 Å². The van der Waals surface area contributed by atoms with Crippen molar-refractivity contribution in [2.24, 2.45) is 0 Å². The van der Waals surface area contributed by atoms with E-state index in [0.29, 0.717) is 35.2 Å². The second kappa shape index (κ2) is 9.82. The van der Waals surface area contributed by atoms with Crippen LogP contribution in [0.3, 0.4) is 0 Å². The van der Waals surface area contributed by atoms with E-state index in [1.165, 1.54) is 30.6 Å². The quantitative estimate of drug-likeness (QED) is 0.367. The maximum absolute atomic E-state index is 13.0. The Labute approximate surface area is 189 Å². The molecule has 0 radical (unpaired) electrons. The van der Waals surface area contributed by atoms with Crippen LogP contribution in [0.1, 0.15) is 5.56 Å². The first-order chi connectivity index (χ1) is 16.1. The maximum atomic E-state index is 13.0. The van der Waals surface area contributed by atoms with Gasteiger partial charge in [-0.3, -0.25) is 0 Å². The first-order valence-corrected chi connectivity index (χ1v) is 10.1. The lowest BCUT2D eigenvalue weighted by Gasteiger charge is -2.13. The summed E-state index contributed by atoms with van der Waals surface area (Å²) in [6, 6.07) is 16.2. The second-order valence-electron chi connectivity index (χ2n) is 7.09. The van der Waals surface area contributed by atoms with Crippen LogP contribution in [0.4, 0.5) is 26.4 Å². The highest BCUT2D eigenvalue weighted by Gasteiger charge is 2.11. The Hall–Kier alpha value is -4.40. The van der Waals surface area contributed by atoms with E-state index in [1.54, 1.807) is 26.4 Å². The van der Waals surface area contributed by atoms with E-state index in [0.717, 1.165) is 16.5 Å². The monoisotopic (exact) mass is 447 g/mol. The van der Waals surface area contributed by atoms with Gasteiger partial charge in [-0.25, -0.2) is 19.2 Å². The predicted molar refractivity (Wildman–Crippen MR) is 125 cm³/mol. The lowest BCUT2D eigenvalue weighted by Crippen LogP contribution is -2.19. The summed E-state index contributed by atoms with van der Waals surface area (Å²) in [4.78, 5) is 20.9. The molecule has 0 spiro atoms. The lowest BCUT2D eigenvalue weighted by molar-refractivity contribution is 0.262. The van der Waals surface area contributed by atoms with Gasteiger partial charge in [0.1, 0.15) is 18.0 Å². The van der Waals surface area contributed by atoms with E-state index < -0.39 is 6.03 Å². The highest BCUT2D eigenvalue weighted by molar-refractivity contribution is 5.99. The normalized spacial score (nSPS) is 10.5. The van der Waals surface area contributed by atoms with Crippen LogP contribution in [0, 0.1) is 5.82 Å². The molecule has 33 heavy (non-hydrogen) atoms. The van der Waals surface area contributed by atoms with Crippen LogP contribution in [-0.4, -0.2) is 30.2 Å². The minimum atomic E-state index is -0.422. The van der Waals surface area contributed by atoms with Crippen LogP contribution >= 0.6 is 0 Å². The number of ether oxygens (including phenoxy) is 2. The van der Waals surface area contributed by atoms with Crippen LogP contribution in [0.2, 0.25) is 0 Å². The third kappa shape index (κ3) is 5.27. The van der Waals surface area contributed by atoms with Crippen molar-refractivity contribution in [3.05, 3.63) is 78.4 Å². The van der Waals surface area contributed by atoms with Crippen molar-refractivity contribution in [1.29, 1.82) is 0 Å². The van der Waals surface area contributed by atoms with Crippen molar-refractivity contribution in [2.75, 3.05) is 30.2 Å². The van der Waals surface area contributed by atoms with E-state index in [1.807, 2.05) is 24.3 Å². The van der Waals surface area contributed by atoms with Gasteiger partial charge in [0.25, 0.3) is 0 Å². The van der Waals surface area contributed by atoms with E-state index in [4.69, 9.17) is 9.47 Å². The third-order valence-electron chi connectivity index (χ3n) is 4.89. The molecule has 0 aliphatic rings. The van der Waals surface area contributed by atoms with Crippen molar-refractivity contribution in [1.82, 2.24) is 9.97 Å². The van der Waals surface area contributed by atoms with Crippen molar-refractivity contribution < 1.29 is 18.7 Å². The highest BCUT2D eigenvalue weighted by Crippen LogP contribution is 2.33. The average molecular weight is 447 g/mol. The number of nitrogens with one attached hydrogen (secondary N) is 3. The number of amides is 2. The SMILES string of the molecule is COc1cc2ncnc(NCc3cccc(NC(=O)Nc4ccc(F)cc4)c3)c2cc1OC.